The van der Waals surface area contributed by atoms with E-state index < -0.39 is 81.5 Å². The molecular formula is C54H62F3N5O10. The Hall–Kier alpha value is -6.11. The first-order chi connectivity index (χ1) is 34.3. The summed E-state index contributed by atoms with van der Waals surface area (Å²) >= 11 is 0. The van der Waals surface area contributed by atoms with Crippen LogP contribution < -0.4 is 19.7 Å². The van der Waals surface area contributed by atoms with Gasteiger partial charge in [-0.3, -0.25) is 19.3 Å². The summed E-state index contributed by atoms with van der Waals surface area (Å²) in [5, 5.41) is 17.6. The number of para-hydroxylation sites is 2. The molecule has 1 amide bonds. The normalized spacial score (nSPS) is 32.5. The third-order valence-corrected chi connectivity index (χ3v) is 17.4. The van der Waals surface area contributed by atoms with Crippen LogP contribution in [0.5, 0.6) is 11.5 Å². The maximum Gasteiger partial charge on any atom is 0.573 e. The van der Waals surface area contributed by atoms with E-state index >= 15 is 4.79 Å². The third kappa shape index (κ3) is 7.08. The number of ether oxygens (including phenoxy) is 5. The molecule has 4 aromatic rings. The van der Waals surface area contributed by atoms with Crippen molar-refractivity contribution < 1.29 is 61.1 Å². The van der Waals surface area contributed by atoms with E-state index in [2.05, 4.69) is 24.8 Å². The van der Waals surface area contributed by atoms with E-state index in [1.165, 1.54) is 46.5 Å². The molecule has 1 saturated carbocycles. The number of likely N-dealkylation sites (N-methyl/N-ethyl adjacent to an activating group) is 1. The summed E-state index contributed by atoms with van der Waals surface area (Å²) in [4.78, 5) is 67.9. The van der Waals surface area contributed by atoms with Crippen molar-refractivity contribution >= 4 is 40.4 Å². The van der Waals surface area contributed by atoms with Crippen molar-refractivity contribution in [1.29, 1.82) is 0 Å². The molecule has 18 heteroatoms. The van der Waals surface area contributed by atoms with Crippen LogP contribution in [0.4, 0.5) is 18.9 Å². The van der Waals surface area contributed by atoms with Crippen molar-refractivity contribution in [3.8, 4) is 11.5 Å². The molecule has 1 unspecified atom stereocenters. The number of aromatic amines is 1. The molecule has 384 valence electrons. The van der Waals surface area contributed by atoms with Gasteiger partial charge in [-0.25, -0.2) is 4.79 Å². The van der Waals surface area contributed by atoms with Crippen LogP contribution in [0.2, 0.25) is 0 Å². The van der Waals surface area contributed by atoms with Crippen LogP contribution in [0.25, 0.3) is 10.9 Å². The minimum atomic E-state index is -5.03. The molecule has 10 atom stereocenters. The molecule has 5 aliphatic heterocycles. The average Bonchev–Trinajstić information content (AvgIpc) is 4.02. The fraction of sp³-hybridized carbons (Fsp3) is 0.519. The molecular weight excluding hydrogens is 936 g/mol. The molecule has 10 rings (SSSR count). The van der Waals surface area contributed by atoms with Gasteiger partial charge in [0.1, 0.15) is 16.9 Å². The number of benzene rings is 3. The molecule has 6 aliphatic rings. The number of carbonyl (C=O) groups excluding carboxylic acids is 4. The number of fused-ring (bicyclic) bond motifs is 6. The Morgan fingerprint density at radius 3 is 2.33 bits per heavy atom. The number of aliphatic hydroxyl groups is 1. The molecule has 1 aliphatic carbocycles. The molecule has 2 bridgehead atoms. The highest BCUT2D eigenvalue weighted by molar-refractivity contribution is 5.98. The number of methoxy groups -OCH3 is 3. The molecule has 6 heterocycles. The first-order valence-corrected chi connectivity index (χ1v) is 24.7. The Morgan fingerprint density at radius 2 is 1.64 bits per heavy atom. The Labute approximate surface area is 415 Å². The van der Waals surface area contributed by atoms with Crippen LogP contribution in [-0.4, -0.2) is 140 Å². The topological polar surface area (TPSA) is 172 Å². The molecule has 3 aromatic carbocycles. The summed E-state index contributed by atoms with van der Waals surface area (Å²) in [7, 11) is 5.91. The van der Waals surface area contributed by atoms with Gasteiger partial charge in [0, 0.05) is 90.9 Å². The number of anilines is 1. The fourth-order valence-electron chi connectivity index (χ4n) is 14.9. The van der Waals surface area contributed by atoms with Gasteiger partial charge in [0.15, 0.2) is 6.10 Å². The van der Waals surface area contributed by atoms with Gasteiger partial charge in [0.2, 0.25) is 5.60 Å². The molecule has 15 nitrogen and oxygen atoms in total. The van der Waals surface area contributed by atoms with Gasteiger partial charge in [-0.2, -0.15) is 0 Å². The van der Waals surface area contributed by atoms with E-state index in [1.54, 1.807) is 0 Å². The Kier molecular flexibility index (Phi) is 12.1. The van der Waals surface area contributed by atoms with Crippen molar-refractivity contribution in [3.63, 3.8) is 0 Å². The third-order valence-electron chi connectivity index (χ3n) is 17.4. The lowest BCUT2D eigenvalue weighted by Crippen LogP contribution is -2.81. The SMILES string of the molecule is CC[C@]1(NC(=O)c2ccccc2OC(F)(F)F)C[C@H]2CN(CCc3c([nH]c4ccccc34)[C@@](C(=O)OC)(c3cc4c(cc3OC)N(C)[C@H]3[C@@](O)(C(=O)OC)[C@H](OC(C)=O)[C@]5(CC)C=CCN6CC[C@]43[C@@H]65)C2)C1. The van der Waals surface area contributed by atoms with Gasteiger partial charge >= 0.3 is 24.3 Å². The molecule has 1 aromatic heterocycles. The number of alkyl halides is 3. The number of halogens is 3. The molecule has 1 spiro atoms. The van der Waals surface area contributed by atoms with Crippen LogP contribution >= 0.6 is 0 Å². The standard InChI is InChI=1S/C54H62F3N5O10/c1-8-49(59-43(64)35-16-11-13-18-40(35)72-54(55,56)57)27-32-28-52(47(65)69-6,42-34(19-23-61(29-32)30-49)33-15-10-12-17-38(33)58-42)37-25-36-39(26-41(37)68-5)60(4)45-51(36)21-24-62-22-14-20-50(9-2,44(51)62)46(71-31(3)63)53(45,67)48(66)70-7/h10-18,20,25-26,32,44-46,58,67H,8-9,19,21-24,27-30H2,1-7H3,(H,59,64)/t32-,44+,45-,46-,49+,50-,51-,52+,53+/m1/s1. The Balaban J connectivity index is 1.19. The van der Waals surface area contributed by atoms with E-state index in [0.29, 0.717) is 87.5 Å². The molecule has 2 saturated heterocycles. The average molecular weight is 998 g/mol. The lowest BCUT2D eigenvalue weighted by molar-refractivity contribution is -0.274. The minimum Gasteiger partial charge on any atom is -0.496 e. The number of aromatic nitrogens is 1. The smallest absolute Gasteiger partial charge is 0.496 e. The number of esters is 3. The highest BCUT2D eigenvalue weighted by atomic mass is 19.4. The number of H-pyrrole nitrogens is 1. The second kappa shape index (κ2) is 17.5. The number of piperidine rings is 1. The van der Waals surface area contributed by atoms with Crippen molar-refractivity contribution in [1.82, 2.24) is 20.1 Å². The van der Waals surface area contributed by atoms with Gasteiger partial charge in [-0.15, -0.1) is 13.2 Å². The lowest BCUT2D eigenvalue weighted by atomic mass is 9.47. The largest absolute Gasteiger partial charge is 0.573 e. The second-order valence-electron chi connectivity index (χ2n) is 20.8. The summed E-state index contributed by atoms with van der Waals surface area (Å²) in [6.45, 7) is 7.75. The number of nitrogens with zero attached hydrogens (tertiary/aromatic N) is 3. The summed E-state index contributed by atoms with van der Waals surface area (Å²) < 4.78 is 69.2. The number of hydrogen-bond acceptors (Lipinski definition) is 13. The number of rotatable bonds is 10. The van der Waals surface area contributed by atoms with E-state index in [-0.39, 0.29) is 17.9 Å². The highest BCUT2D eigenvalue weighted by Crippen LogP contribution is 2.68. The van der Waals surface area contributed by atoms with E-state index in [9.17, 15) is 32.7 Å². The Morgan fingerprint density at radius 1 is 0.903 bits per heavy atom. The second-order valence-corrected chi connectivity index (χ2v) is 20.8. The predicted molar refractivity (Wildman–Crippen MR) is 259 cm³/mol. The van der Waals surface area contributed by atoms with Crippen LogP contribution in [-0.2, 0) is 45.8 Å². The zero-order valence-electron chi connectivity index (χ0n) is 41.6. The van der Waals surface area contributed by atoms with E-state index in [0.717, 1.165) is 28.1 Å². The van der Waals surface area contributed by atoms with Crippen molar-refractivity contribution in [2.24, 2.45) is 11.3 Å². The number of nitrogens with one attached hydrogen (secondary N) is 2. The van der Waals surface area contributed by atoms with Gasteiger partial charge in [-0.1, -0.05) is 56.3 Å². The van der Waals surface area contributed by atoms with E-state index in [4.69, 9.17) is 18.9 Å². The van der Waals surface area contributed by atoms with Gasteiger partial charge in [-0.05, 0) is 86.4 Å². The molecule has 3 fully saturated rings. The molecule has 0 radical (unpaired) electrons. The van der Waals surface area contributed by atoms with Gasteiger partial charge in [0.25, 0.3) is 5.91 Å². The number of amides is 1. The first kappa shape index (κ1) is 49.5. The fourth-order valence-corrected chi connectivity index (χ4v) is 14.9. The van der Waals surface area contributed by atoms with Gasteiger partial charge in [0.05, 0.1) is 38.5 Å². The van der Waals surface area contributed by atoms with E-state index in [1.807, 2.05) is 74.3 Å². The van der Waals surface area contributed by atoms with Crippen molar-refractivity contribution in [2.45, 2.75) is 106 Å². The monoisotopic (exact) mass is 997 g/mol. The van der Waals surface area contributed by atoms with Crippen LogP contribution in [0.3, 0.4) is 0 Å². The number of hydrogen-bond donors (Lipinski definition) is 3. The number of carbonyl (C=O) groups is 4. The summed E-state index contributed by atoms with van der Waals surface area (Å²) in [6.07, 6.45) is -0.128. The molecule has 72 heavy (non-hydrogen) atoms. The zero-order chi connectivity index (χ0) is 51.3. The van der Waals surface area contributed by atoms with Crippen molar-refractivity contribution in [2.75, 3.05) is 66.0 Å². The van der Waals surface area contributed by atoms with Crippen LogP contribution in [0.15, 0.2) is 72.8 Å². The van der Waals surface area contributed by atoms with Crippen LogP contribution in [0.1, 0.15) is 85.6 Å². The van der Waals surface area contributed by atoms with Crippen LogP contribution in [0, 0.1) is 11.3 Å². The summed E-state index contributed by atoms with van der Waals surface area (Å²) in [5.41, 5.74) is -3.13. The van der Waals surface area contributed by atoms with Crippen molar-refractivity contribution in [3.05, 3.63) is 101 Å². The first-order valence-electron chi connectivity index (χ1n) is 24.7. The lowest BCUT2D eigenvalue weighted by Gasteiger charge is -2.63. The molecule has 3 N–H and O–H groups in total. The summed E-state index contributed by atoms with van der Waals surface area (Å²) in [6, 6.07) is 15.6. The quantitative estimate of drug-likeness (QED) is 0.0916. The maximum atomic E-state index is 15.7. The summed E-state index contributed by atoms with van der Waals surface area (Å²) in [5.74, 6) is -3.50. The Bertz CT molecular complexity index is 2890. The zero-order valence-corrected chi connectivity index (χ0v) is 41.6. The minimum absolute atomic E-state index is 0.139. The predicted octanol–water partition coefficient (Wildman–Crippen LogP) is 6.33. The highest BCUT2D eigenvalue weighted by Gasteiger charge is 2.80. The van der Waals surface area contributed by atoms with Gasteiger partial charge < -0.3 is 48.9 Å². The maximum absolute atomic E-state index is 15.7.